The Bertz CT molecular complexity index is 214. The number of thioether (sulfide) groups is 1. The molecule has 1 N–H and O–H groups in total. The van der Waals surface area contributed by atoms with Crippen LogP contribution in [0.3, 0.4) is 0 Å². The second kappa shape index (κ2) is 5.74. The highest BCUT2D eigenvalue weighted by Crippen LogP contribution is 2.34. The molecule has 0 amide bonds. The Morgan fingerprint density at radius 2 is 2.06 bits per heavy atom. The maximum Gasteiger partial charge on any atom is 0.0469 e. The fourth-order valence-electron chi connectivity index (χ4n) is 2.53. The summed E-state index contributed by atoms with van der Waals surface area (Å²) in [5, 5.41) is 3.81. The Hall–Kier alpha value is 0.270. The molecule has 0 bridgehead atoms. The van der Waals surface area contributed by atoms with Crippen molar-refractivity contribution in [2.24, 2.45) is 11.3 Å². The maximum atomic E-state index is 5.40. The molecule has 0 aliphatic carbocycles. The van der Waals surface area contributed by atoms with Gasteiger partial charge in [0.25, 0.3) is 0 Å². The van der Waals surface area contributed by atoms with Crippen molar-refractivity contribution in [3.63, 3.8) is 0 Å². The average Bonchev–Trinajstić information content (AvgIpc) is 2.28. The van der Waals surface area contributed by atoms with E-state index < -0.39 is 0 Å². The Morgan fingerprint density at radius 1 is 1.31 bits per heavy atom. The molecule has 2 saturated heterocycles. The van der Waals surface area contributed by atoms with Crippen LogP contribution in [0.15, 0.2) is 0 Å². The highest BCUT2D eigenvalue weighted by molar-refractivity contribution is 7.99. The van der Waals surface area contributed by atoms with E-state index in [2.05, 4.69) is 30.9 Å². The van der Waals surface area contributed by atoms with Crippen molar-refractivity contribution in [3.8, 4) is 0 Å². The standard InChI is InChI=1S/C13H25NOS/c1-13(2)5-8-16-10-12(13)14-9-11-3-6-15-7-4-11/h11-12,14H,3-10H2,1-2H3. The summed E-state index contributed by atoms with van der Waals surface area (Å²) in [6.45, 7) is 7.95. The first-order chi connectivity index (χ1) is 7.68. The van der Waals surface area contributed by atoms with Gasteiger partial charge in [-0.05, 0) is 42.9 Å². The highest BCUT2D eigenvalue weighted by atomic mass is 32.2. The summed E-state index contributed by atoms with van der Waals surface area (Å²) in [5.74, 6) is 3.47. The number of ether oxygens (including phenoxy) is 1. The summed E-state index contributed by atoms with van der Waals surface area (Å²) in [6, 6.07) is 0.703. The van der Waals surface area contributed by atoms with E-state index in [-0.39, 0.29) is 0 Å². The van der Waals surface area contributed by atoms with Crippen LogP contribution in [0.25, 0.3) is 0 Å². The van der Waals surface area contributed by atoms with Crippen LogP contribution in [0.1, 0.15) is 33.1 Å². The van der Waals surface area contributed by atoms with Gasteiger partial charge < -0.3 is 10.1 Å². The second-order valence-corrected chi connectivity index (χ2v) is 6.98. The van der Waals surface area contributed by atoms with Gasteiger partial charge in [-0.2, -0.15) is 11.8 Å². The van der Waals surface area contributed by atoms with Gasteiger partial charge >= 0.3 is 0 Å². The van der Waals surface area contributed by atoms with Gasteiger partial charge in [0.2, 0.25) is 0 Å². The lowest BCUT2D eigenvalue weighted by molar-refractivity contribution is 0.0638. The maximum absolute atomic E-state index is 5.40. The molecular weight excluding hydrogens is 218 g/mol. The van der Waals surface area contributed by atoms with E-state index in [1.807, 2.05) is 0 Å². The van der Waals surface area contributed by atoms with Gasteiger partial charge in [-0.3, -0.25) is 0 Å². The lowest BCUT2D eigenvalue weighted by Gasteiger charge is -2.39. The van der Waals surface area contributed by atoms with Crippen molar-refractivity contribution in [1.82, 2.24) is 5.32 Å². The molecule has 1 atom stereocenters. The van der Waals surface area contributed by atoms with E-state index in [0.717, 1.165) is 19.1 Å². The van der Waals surface area contributed by atoms with Crippen molar-refractivity contribution < 1.29 is 4.74 Å². The molecule has 3 heteroatoms. The van der Waals surface area contributed by atoms with Crippen LogP contribution in [0.2, 0.25) is 0 Å². The summed E-state index contributed by atoms with van der Waals surface area (Å²) in [5.41, 5.74) is 0.483. The van der Waals surface area contributed by atoms with Gasteiger partial charge in [-0.1, -0.05) is 13.8 Å². The molecule has 0 aromatic carbocycles. The first kappa shape index (κ1) is 12.7. The summed E-state index contributed by atoms with van der Waals surface area (Å²) in [4.78, 5) is 0. The molecule has 2 fully saturated rings. The minimum absolute atomic E-state index is 0.483. The predicted octanol–water partition coefficient (Wildman–Crippen LogP) is 2.53. The fraction of sp³-hybridized carbons (Fsp3) is 1.00. The van der Waals surface area contributed by atoms with Crippen LogP contribution in [-0.2, 0) is 4.74 Å². The molecule has 94 valence electrons. The molecule has 2 aliphatic rings. The van der Waals surface area contributed by atoms with Gasteiger partial charge in [0.15, 0.2) is 0 Å². The molecule has 0 radical (unpaired) electrons. The van der Waals surface area contributed by atoms with Crippen molar-refractivity contribution >= 4 is 11.8 Å². The van der Waals surface area contributed by atoms with E-state index in [1.54, 1.807) is 0 Å². The summed E-state index contributed by atoms with van der Waals surface area (Å²) in [6.07, 6.45) is 3.84. The summed E-state index contributed by atoms with van der Waals surface area (Å²) in [7, 11) is 0. The number of hydrogen-bond donors (Lipinski definition) is 1. The second-order valence-electron chi connectivity index (χ2n) is 5.83. The van der Waals surface area contributed by atoms with E-state index in [4.69, 9.17) is 4.74 Å². The molecule has 2 heterocycles. The van der Waals surface area contributed by atoms with Crippen LogP contribution in [-0.4, -0.2) is 37.3 Å². The van der Waals surface area contributed by atoms with Gasteiger partial charge in [0.05, 0.1) is 0 Å². The minimum Gasteiger partial charge on any atom is -0.381 e. The van der Waals surface area contributed by atoms with Crippen molar-refractivity contribution in [2.45, 2.75) is 39.2 Å². The SMILES string of the molecule is CC1(C)CCSCC1NCC1CCOCC1. The summed E-state index contributed by atoms with van der Waals surface area (Å²) >= 11 is 2.10. The summed E-state index contributed by atoms with van der Waals surface area (Å²) < 4.78 is 5.40. The van der Waals surface area contributed by atoms with Crippen LogP contribution >= 0.6 is 11.8 Å². The smallest absolute Gasteiger partial charge is 0.0469 e. The van der Waals surface area contributed by atoms with E-state index in [9.17, 15) is 0 Å². The molecule has 2 nitrogen and oxygen atoms in total. The van der Waals surface area contributed by atoms with Crippen LogP contribution in [0, 0.1) is 11.3 Å². The quantitative estimate of drug-likeness (QED) is 0.823. The first-order valence-electron chi connectivity index (χ1n) is 6.57. The van der Waals surface area contributed by atoms with Gasteiger partial charge in [0.1, 0.15) is 0 Å². The zero-order chi connectivity index (χ0) is 11.4. The zero-order valence-corrected chi connectivity index (χ0v) is 11.4. The van der Waals surface area contributed by atoms with E-state index in [0.29, 0.717) is 11.5 Å². The Labute approximate surface area is 104 Å². The fourth-order valence-corrected chi connectivity index (χ4v) is 4.17. The van der Waals surface area contributed by atoms with Crippen molar-refractivity contribution in [1.29, 1.82) is 0 Å². The van der Waals surface area contributed by atoms with Crippen LogP contribution < -0.4 is 5.32 Å². The van der Waals surface area contributed by atoms with Crippen LogP contribution in [0.4, 0.5) is 0 Å². The van der Waals surface area contributed by atoms with Crippen molar-refractivity contribution in [2.75, 3.05) is 31.3 Å². The zero-order valence-electron chi connectivity index (χ0n) is 10.6. The topological polar surface area (TPSA) is 21.3 Å². The predicted molar refractivity (Wildman–Crippen MR) is 71.1 cm³/mol. The Balaban J connectivity index is 1.75. The normalized spacial score (nSPS) is 31.5. The molecule has 0 spiro atoms. The lowest BCUT2D eigenvalue weighted by Crippen LogP contribution is -2.48. The lowest BCUT2D eigenvalue weighted by atomic mass is 9.82. The number of nitrogens with one attached hydrogen (secondary N) is 1. The first-order valence-corrected chi connectivity index (χ1v) is 7.73. The van der Waals surface area contributed by atoms with Crippen LogP contribution in [0.5, 0.6) is 0 Å². The van der Waals surface area contributed by atoms with Crippen molar-refractivity contribution in [3.05, 3.63) is 0 Å². The van der Waals surface area contributed by atoms with Gasteiger partial charge in [0, 0.05) is 25.0 Å². The molecular formula is C13H25NOS. The van der Waals surface area contributed by atoms with E-state index in [1.165, 1.54) is 37.3 Å². The monoisotopic (exact) mass is 243 g/mol. The molecule has 0 aromatic heterocycles. The molecule has 0 aromatic rings. The van der Waals surface area contributed by atoms with Gasteiger partial charge in [-0.15, -0.1) is 0 Å². The third kappa shape index (κ3) is 3.38. The Kier molecular flexibility index (Phi) is 4.57. The molecule has 0 saturated carbocycles. The molecule has 2 rings (SSSR count). The molecule has 1 unspecified atom stereocenters. The third-order valence-electron chi connectivity index (χ3n) is 4.11. The number of hydrogen-bond acceptors (Lipinski definition) is 3. The number of rotatable bonds is 3. The third-order valence-corrected chi connectivity index (χ3v) is 5.17. The highest BCUT2D eigenvalue weighted by Gasteiger charge is 2.32. The Morgan fingerprint density at radius 3 is 2.75 bits per heavy atom. The minimum atomic E-state index is 0.483. The largest absolute Gasteiger partial charge is 0.381 e. The van der Waals surface area contributed by atoms with Gasteiger partial charge in [-0.25, -0.2) is 0 Å². The molecule has 2 aliphatic heterocycles. The van der Waals surface area contributed by atoms with E-state index >= 15 is 0 Å². The average molecular weight is 243 g/mol. The molecule has 16 heavy (non-hydrogen) atoms.